The number of piperazine rings is 1. The van der Waals surface area contributed by atoms with E-state index in [2.05, 4.69) is 31.4 Å². The highest BCUT2D eigenvalue weighted by Gasteiger charge is 2.26. The molecule has 0 unspecified atom stereocenters. The number of benzene rings is 4. The smallest absolute Gasteiger partial charge is 0.241 e. The average molecular weight is 574 g/mol. The molecule has 0 saturated carbocycles. The van der Waals surface area contributed by atoms with Crippen LogP contribution >= 0.6 is 11.6 Å². The van der Waals surface area contributed by atoms with E-state index in [1.807, 2.05) is 79.0 Å². The molecule has 208 valence electrons. The van der Waals surface area contributed by atoms with Gasteiger partial charge in [0.15, 0.2) is 0 Å². The standard InChI is InChI=1S/C34H28ClN5O2/c1-36-32-15-10-25(18-33(32)42-31-13-11-27(12-14-31)26-6-3-2-4-7-26)21-39-24-37-20-30(39)22-38-16-17-40(34(41)23-38)29-9-5-8-28(35)19-29/h2-15,18-20,24H,16-17,21-23H2. The van der Waals surface area contributed by atoms with Crippen molar-refractivity contribution in [2.45, 2.75) is 13.1 Å². The zero-order valence-electron chi connectivity index (χ0n) is 22.9. The summed E-state index contributed by atoms with van der Waals surface area (Å²) in [5.41, 5.74) is 5.50. The van der Waals surface area contributed by atoms with Crippen LogP contribution in [0.5, 0.6) is 11.5 Å². The van der Waals surface area contributed by atoms with Crippen LogP contribution in [-0.4, -0.2) is 40.0 Å². The number of rotatable bonds is 8. The summed E-state index contributed by atoms with van der Waals surface area (Å²) in [6.45, 7) is 10.4. The van der Waals surface area contributed by atoms with Crippen molar-refractivity contribution in [3.8, 4) is 22.6 Å². The lowest BCUT2D eigenvalue weighted by Crippen LogP contribution is -2.50. The van der Waals surface area contributed by atoms with E-state index in [0.717, 1.165) is 34.6 Å². The van der Waals surface area contributed by atoms with Crippen LogP contribution in [0.25, 0.3) is 16.0 Å². The number of imidazole rings is 1. The van der Waals surface area contributed by atoms with Crippen molar-refractivity contribution in [3.63, 3.8) is 0 Å². The van der Waals surface area contributed by atoms with Crippen LogP contribution in [-0.2, 0) is 17.9 Å². The summed E-state index contributed by atoms with van der Waals surface area (Å²) in [7, 11) is 0. The second-order valence-corrected chi connectivity index (χ2v) is 10.6. The third-order valence-corrected chi connectivity index (χ3v) is 7.53. The number of aromatic nitrogens is 2. The van der Waals surface area contributed by atoms with Gasteiger partial charge in [-0.05, 0) is 53.1 Å². The number of anilines is 1. The maximum atomic E-state index is 12.9. The number of ether oxygens (including phenoxy) is 1. The van der Waals surface area contributed by atoms with Gasteiger partial charge in [0, 0.05) is 43.1 Å². The second kappa shape index (κ2) is 12.3. The Morgan fingerprint density at radius 1 is 0.881 bits per heavy atom. The quantitative estimate of drug-likeness (QED) is 0.181. The van der Waals surface area contributed by atoms with E-state index >= 15 is 0 Å². The molecule has 0 bridgehead atoms. The van der Waals surface area contributed by atoms with Gasteiger partial charge in [-0.3, -0.25) is 9.69 Å². The van der Waals surface area contributed by atoms with Crippen molar-refractivity contribution in [2.24, 2.45) is 0 Å². The second-order valence-electron chi connectivity index (χ2n) is 10.2. The molecular weight excluding hydrogens is 546 g/mol. The Hall–Kier alpha value is -4.90. The van der Waals surface area contributed by atoms with Crippen LogP contribution in [0.15, 0.2) is 110 Å². The highest BCUT2D eigenvalue weighted by atomic mass is 35.5. The molecular formula is C34H28ClN5O2. The van der Waals surface area contributed by atoms with Gasteiger partial charge in [-0.15, -0.1) is 0 Å². The molecule has 0 N–H and O–H groups in total. The van der Waals surface area contributed by atoms with Crippen LogP contribution in [0.4, 0.5) is 11.4 Å². The van der Waals surface area contributed by atoms with Gasteiger partial charge in [0.25, 0.3) is 0 Å². The highest BCUT2D eigenvalue weighted by molar-refractivity contribution is 6.30. The van der Waals surface area contributed by atoms with Crippen LogP contribution in [0.1, 0.15) is 11.3 Å². The Morgan fingerprint density at radius 2 is 1.69 bits per heavy atom. The maximum Gasteiger partial charge on any atom is 0.241 e. The molecule has 1 aliphatic rings. The molecule has 42 heavy (non-hydrogen) atoms. The summed E-state index contributed by atoms with van der Waals surface area (Å²) in [6.07, 6.45) is 3.64. The Kier molecular flexibility index (Phi) is 8.00. The number of hydrogen-bond donors (Lipinski definition) is 0. The fourth-order valence-electron chi connectivity index (χ4n) is 5.13. The van der Waals surface area contributed by atoms with Gasteiger partial charge >= 0.3 is 0 Å². The molecule has 1 fully saturated rings. The van der Waals surface area contributed by atoms with Crippen LogP contribution in [0.3, 0.4) is 0 Å². The Bertz CT molecular complexity index is 1740. The van der Waals surface area contributed by atoms with Crippen molar-refractivity contribution in [1.29, 1.82) is 0 Å². The number of amides is 1. The third kappa shape index (κ3) is 6.21. The first-order valence-corrected chi connectivity index (χ1v) is 14.0. The van der Waals surface area contributed by atoms with E-state index in [-0.39, 0.29) is 5.91 Å². The van der Waals surface area contributed by atoms with E-state index in [4.69, 9.17) is 22.9 Å². The first-order valence-electron chi connectivity index (χ1n) is 13.7. The molecule has 5 aromatic rings. The molecule has 0 radical (unpaired) electrons. The molecule has 0 atom stereocenters. The zero-order valence-corrected chi connectivity index (χ0v) is 23.6. The van der Waals surface area contributed by atoms with E-state index in [1.54, 1.807) is 23.4 Å². The zero-order chi connectivity index (χ0) is 28.9. The SMILES string of the molecule is [C-]#[N+]c1ccc(Cn2cncc2CN2CCN(c3cccc(Cl)c3)C(=O)C2)cc1Oc1ccc(-c2ccccc2)cc1. The normalized spacial score (nSPS) is 13.6. The largest absolute Gasteiger partial charge is 0.468 e. The van der Waals surface area contributed by atoms with Gasteiger partial charge in [-0.1, -0.05) is 72.3 Å². The summed E-state index contributed by atoms with van der Waals surface area (Å²) in [5, 5.41) is 0.616. The number of carbonyl (C=O) groups excluding carboxylic acids is 1. The van der Waals surface area contributed by atoms with Crippen LogP contribution in [0, 0.1) is 6.57 Å². The fraction of sp³-hybridized carbons (Fsp3) is 0.147. The molecule has 1 amide bonds. The lowest BCUT2D eigenvalue weighted by atomic mass is 10.1. The summed E-state index contributed by atoms with van der Waals surface area (Å²) in [6, 6.07) is 31.1. The fourth-order valence-corrected chi connectivity index (χ4v) is 5.31. The summed E-state index contributed by atoms with van der Waals surface area (Å²) < 4.78 is 8.24. The lowest BCUT2D eigenvalue weighted by Gasteiger charge is -2.34. The predicted octanol–water partition coefficient (Wildman–Crippen LogP) is 7.44. The monoisotopic (exact) mass is 573 g/mol. The lowest BCUT2D eigenvalue weighted by molar-refractivity contribution is -0.121. The summed E-state index contributed by atoms with van der Waals surface area (Å²) >= 11 is 6.13. The average Bonchev–Trinajstić information content (AvgIpc) is 3.44. The minimum absolute atomic E-state index is 0.0444. The third-order valence-electron chi connectivity index (χ3n) is 7.29. The molecule has 2 heterocycles. The van der Waals surface area contributed by atoms with E-state index in [1.165, 1.54) is 0 Å². The number of nitrogens with zero attached hydrogens (tertiary/aromatic N) is 5. The molecule has 1 aromatic heterocycles. The molecule has 0 spiro atoms. The van der Waals surface area contributed by atoms with Gasteiger partial charge in [-0.2, -0.15) is 0 Å². The Morgan fingerprint density at radius 3 is 2.45 bits per heavy atom. The minimum atomic E-state index is 0.0444. The number of hydrogen-bond acceptors (Lipinski definition) is 4. The number of carbonyl (C=O) groups is 1. The van der Waals surface area contributed by atoms with E-state index in [0.29, 0.717) is 48.4 Å². The van der Waals surface area contributed by atoms with Gasteiger partial charge in [-0.25, -0.2) is 9.83 Å². The van der Waals surface area contributed by atoms with Crippen molar-refractivity contribution in [1.82, 2.24) is 14.5 Å². The first-order chi connectivity index (χ1) is 20.6. The molecule has 1 saturated heterocycles. The highest BCUT2D eigenvalue weighted by Crippen LogP contribution is 2.34. The van der Waals surface area contributed by atoms with Gasteiger partial charge in [0.1, 0.15) is 11.5 Å². The van der Waals surface area contributed by atoms with Crippen LogP contribution < -0.4 is 9.64 Å². The topological polar surface area (TPSA) is 55.0 Å². The summed E-state index contributed by atoms with van der Waals surface area (Å²) in [4.78, 5) is 24.9. The molecule has 0 aliphatic carbocycles. The Balaban J connectivity index is 1.12. The van der Waals surface area contributed by atoms with E-state index < -0.39 is 0 Å². The van der Waals surface area contributed by atoms with Crippen molar-refractivity contribution in [3.05, 3.63) is 137 Å². The van der Waals surface area contributed by atoms with Crippen LogP contribution in [0.2, 0.25) is 5.02 Å². The molecule has 1 aliphatic heterocycles. The predicted molar refractivity (Wildman–Crippen MR) is 165 cm³/mol. The van der Waals surface area contributed by atoms with Gasteiger partial charge in [0.05, 0.1) is 25.1 Å². The molecule has 6 rings (SSSR count). The molecule has 8 heteroatoms. The van der Waals surface area contributed by atoms with Crippen molar-refractivity contribution in [2.75, 3.05) is 24.5 Å². The van der Waals surface area contributed by atoms with Gasteiger partial charge < -0.3 is 14.2 Å². The van der Waals surface area contributed by atoms with Crippen molar-refractivity contribution >= 4 is 28.9 Å². The van der Waals surface area contributed by atoms with Crippen molar-refractivity contribution < 1.29 is 9.53 Å². The summed E-state index contributed by atoms with van der Waals surface area (Å²) in [5.74, 6) is 1.23. The Labute approximate surface area is 250 Å². The first kappa shape index (κ1) is 27.3. The van der Waals surface area contributed by atoms with Gasteiger partial charge in [0.2, 0.25) is 11.6 Å². The minimum Gasteiger partial charge on any atom is -0.468 e. The maximum absolute atomic E-state index is 12.9. The van der Waals surface area contributed by atoms with E-state index in [9.17, 15) is 4.79 Å². The number of halogens is 1. The molecule has 4 aromatic carbocycles. The molecule has 7 nitrogen and oxygen atoms in total.